The second kappa shape index (κ2) is 3.54. The number of hydrogen-bond donors (Lipinski definition) is 0. The lowest BCUT2D eigenvalue weighted by Gasteiger charge is -2.07. The number of hydrogen-bond acceptors (Lipinski definition) is 1. The van der Waals surface area contributed by atoms with Crippen LogP contribution in [0.25, 0.3) is 16.8 Å². The Kier molecular flexibility index (Phi) is 2.23. The third kappa shape index (κ3) is 1.27. The number of methoxy groups -OCH3 is 1. The van der Waals surface area contributed by atoms with Crippen LogP contribution < -0.4 is 4.74 Å². The molecule has 0 aliphatic heterocycles. The first-order chi connectivity index (χ1) is 6.86. The van der Waals surface area contributed by atoms with Gasteiger partial charge in [-0.2, -0.15) is 0 Å². The Morgan fingerprint density at radius 2 is 1.86 bits per heavy atom. The Labute approximate surface area is 83.6 Å². The highest BCUT2D eigenvalue weighted by molar-refractivity contribution is 5.95. The smallest absolute Gasteiger partial charge is 0.127 e. The maximum atomic E-state index is 5.32. The predicted octanol–water partition coefficient (Wildman–Crippen LogP) is 3.49. The molecule has 0 N–H and O–H groups in total. The lowest BCUT2D eigenvalue weighted by molar-refractivity contribution is 0.420. The normalized spacial score (nSPS) is 10.1. The summed E-state index contributed by atoms with van der Waals surface area (Å²) in [5.41, 5.74) is 1.11. The van der Waals surface area contributed by atoms with Crippen molar-refractivity contribution in [3.63, 3.8) is 0 Å². The van der Waals surface area contributed by atoms with E-state index in [0.717, 1.165) is 16.7 Å². The fourth-order valence-corrected chi connectivity index (χ4v) is 1.67. The summed E-state index contributed by atoms with van der Waals surface area (Å²) in [6.45, 7) is 3.80. The zero-order valence-electron chi connectivity index (χ0n) is 8.16. The van der Waals surface area contributed by atoms with Crippen molar-refractivity contribution in [1.29, 1.82) is 0 Å². The maximum Gasteiger partial charge on any atom is 0.127 e. The molecule has 0 heterocycles. The molecular weight excluding hydrogens is 172 g/mol. The molecule has 0 radical (unpaired) electrons. The highest BCUT2D eigenvalue weighted by atomic mass is 16.5. The third-order valence-electron chi connectivity index (χ3n) is 2.34. The summed E-state index contributed by atoms with van der Waals surface area (Å²) < 4.78 is 5.32. The molecule has 1 heteroatoms. The number of ether oxygens (including phenoxy) is 1. The van der Waals surface area contributed by atoms with Gasteiger partial charge in [0.25, 0.3) is 0 Å². The van der Waals surface area contributed by atoms with Crippen LogP contribution in [0, 0.1) is 0 Å². The van der Waals surface area contributed by atoms with Crippen LogP contribution in [0.5, 0.6) is 5.75 Å². The molecule has 0 spiro atoms. The quantitative estimate of drug-likeness (QED) is 0.694. The van der Waals surface area contributed by atoms with E-state index in [4.69, 9.17) is 4.74 Å². The highest BCUT2D eigenvalue weighted by Gasteiger charge is 2.03. The number of fused-ring (bicyclic) bond motifs is 1. The van der Waals surface area contributed by atoms with E-state index in [1.807, 2.05) is 30.3 Å². The van der Waals surface area contributed by atoms with Gasteiger partial charge in [-0.3, -0.25) is 0 Å². The first-order valence-corrected chi connectivity index (χ1v) is 4.55. The largest absolute Gasteiger partial charge is 0.496 e. The Bertz CT molecular complexity index is 466. The minimum absolute atomic E-state index is 0.901. The molecule has 70 valence electrons. The van der Waals surface area contributed by atoms with E-state index in [1.165, 1.54) is 5.39 Å². The van der Waals surface area contributed by atoms with Crippen LogP contribution in [-0.2, 0) is 0 Å². The van der Waals surface area contributed by atoms with E-state index >= 15 is 0 Å². The van der Waals surface area contributed by atoms with Crippen molar-refractivity contribution in [1.82, 2.24) is 0 Å². The van der Waals surface area contributed by atoms with Crippen molar-refractivity contribution in [2.45, 2.75) is 0 Å². The van der Waals surface area contributed by atoms with E-state index in [9.17, 15) is 0 Å². The molecule has 0 fully saturated rings. The van der Waals surface area contributed by atoms with Gasteiger partial charge in [-0.25, -0.2) is 0 Å². The molecule has 1 nitrogen and oxygen atoms in total. The minimum Gasteiger partial charge on any atom is -0.496 e. The average molecular weight is 184 g/mol. The van der Waals surface area contributed by atoms with E-state index < -0.39 is 0 Å². The molecule has 0 saturated heterocycles. The molecule has 0 bridgehead atoms. The van der Waals surface area contributed by atoms with Gasteiger partial charge in [0.1, 0.15) is 5.75 Å². The van der Waals surface area contributed by atoms with Crippen LogP contribution in [0.3, 0.4) is 0 Å². The van der Waals surface area contributed by atoms with Gasteiger partial charge in [-0.15, -0.1) is 0 Å². The van der Waals surface area contributed by atoms with E-state index in [-0.39, 0.29) is 0 Å². The maximum absolute atomic E-state index is 5.32. The Hall–Kier alpha value is -1.76. The molecule has 2 aromatic carbocycles. The van der Waals surface area contributed by atoms with E-state index in [2.05, 4.69) is 18.7 Å². The standard InChI is InChI=1S/C13H12O/c1-3-10-6-4-7-11-8-5-9-12(14-2)13(10)11/h3-9H,1H2,2H3. The van der Waals surface area contributed by atoms with Crippen LogP contribution in [0.15, 0.2) is 43.0 Å². The van der Waals surface area contributed by atoms with E-state index in [1.54, 1.807) is 7.11 Å². The van der Waals surface area contributed by atoms with Crippen molar-refractivity contribution in [2.75, 3.05) is 7.11 Å². The summed E-state index contributed by atoms with van der Waals surface area (Å²) >= 11 is 0. The molecule has 0 atom stereocenters. The second-order valence-corrected chi connectivity index (χ2v) is 3.11. The summed E-state index contributed by atoms with van der Waals surface area (Å²) in [5, 5.41) is 2.31. The van der Waals surface area contributed by atoms with Crippen LogP contribution in [0.4, 0.5) is 0 Å². The van der Waals surface area contributed by atoms with Gasteiger partial charge in [0.2, 0.25) is 0 Å². The average Bonchev–Trinajstić information content (AvgIpc) is 2.27. The lowest BCUT2D eigenvalue weighted by Crippen LogP contribution is -1.86. The topological polar surface area (TPSA) is 9.23 Å². The molecule has 0 aliphatic rings. The molecule has 14 heavy (non-hydrogen) atoms. The van der Waals surface area contributed by atoms with Gasteiger partial charge in [0.05, 0.1) is 7.11 Å². The van der Waals surface area contributed by atoms with Gasteiger partial charge in [-0.05, 0) is 17.0 Å². The Morgan fingerprint density at radius 3 is 2.50 bits per heavy atom. The molecule has 0 saturated carbocycles. The van der Waals surface area contributed by atoms with Crippen molar-refractivity contribution in [2.24, 2.45) is 0 Å². The van der Waals surface area contributed by atoms with Gasteiger partial charge in [0, 0.05) is 5.39 Å². The van der Waals surface area contributed by atoms with Crippen molar-refractivity contribution >= 4 is 16.8 Å². The van der Waals surface area contributed by atoms with Crippen molar-refractivity contribution < 1.29 is 4.74 Å². The summed E-state index contributed by atoms with van der Waals surface area (Å²) in [4.78, 5) is 0. The van der Waals surface area contributed by atoms with Crippen molar-refractivity contribution in [3.05, 3.63) is 48.5 Å². The zero-order chi connectivity index (χ0) is 9.97. The lowest BCUT2D eigenvalue weighted by atomic mass is 10.0. The molecule has 2 rings (SSSR count). The number of rotatable bonds is 2. The zero-order valence-corrected chi connectivity index (χ0v) is 8.16. The second-order valence-electron chi connectivity index (χ2n) is 3.11. The van der Waals surface area contributed by atoms with Crippen LogP contribution in [-0.4, -0.2) is 7.11 Å². The van der Waals surface area contributed by atoms with Crippen molar-refractivity contribution in [3.8, 4) is 5.75 Å². The molecular formula is C13H12O. The summed E-state index contributed by atoms with van der Waals surface area (Å²) in [7, 11) is 1.69. The molecule has 0 aromatic heterocycles. The SMILES string of the molecule is C=Cc1cccc2cccc(OC)c12. The highest BCUT2D eigenvalue weighted by Crippen LogP contribution is 2.29. The van der Waals surface area contributed by atoms with Gasteiger partial charge in [0.15, 0.2) is 0 Å². The summed E-state index contributed by atoms with van der Waals surface area (Å²) in [6.07, 6.45) is 1.85. The number of benzene rings is 2. The molecule has 0 aliphatic carbocycles. The summed E-state index contributed by atoms with van der Waals surface area (Å²) in [5.74, 6) is 0.901. The third-order valence-corrected chi connectivity index (χ3v) is 2.34. The van der Waals surface area contributed by atoms with Crippen LogP contribution >= 0.6 is 0 Å². The predicted molar refractivity (Wildman–Crippen MR) is 60.6 cm³/mol. The van der Waals surface area contributed by atoms with Gasteiger partial charge < -0.3 is 4.74 Å². The molecule has 0 amide bonds. The first kappa shape index (κ1) is 8.82. The molecule has 0 unspecified atom stereocenters. The van der Waals surface area contributed by atoms with E-state index in [0.29, 0.717) is 0 Å². The minimum atomic E-state index is 0.901. The first-order valence-electron chi connectivity index (χ1n) is 4.55. The Morgan fingerprint density at radius 1 is 1.14 bits per heavy atom. The Balaban J connectivity index is 2.88. The summed E-state index contributed by atoms with van der Waals surface area (Å²) in [6, 6.07) is 12.2. The van der Waals surface area contributed by atoms with Crippen LogP contribution in [0.2, 0.25) is 0 Å². The fourth-order valence-electron chi connectivity index (χ4n) is 1.67. The van der Waals surface area contributed by atoms with Gasteiger partial charge in [-0.1, -0.05) is 43.0 Å². The molecule has 2 aromatic rings. The van der Waals surface area contributed by atoms with Crippen LogP contribution in [0.1, 0.15) is 5.56 Å². The van der Waals surface area contributed by atoms with Gasteiger partial charge >= 0.3 is 0 Å². The fraction of sp³-hybridized carbons (Fsp3) is 0.0769. The monoisotopic (exact) mass is 184 g/mol.